The van der Waals surface area contributed by atoms with E-state index in [1.54, 1.807) is 35.5 Å². The van der Waals surface area contributed by atoms with Gasteiger partial charge in [-0.25, -0.2) is 9.38 Å². The van der Waals surface area contributed by atoms with Gasteiger partial charge in [-0.2, -0.15) is 0 Å². The molecule has 3 rings (SSSR count). The Bertz CT molecular complexity index is 758. The lowest BCUT2D eigenvalue weighted by atomic mass is 10.1. The summed E-state index contributed by atoms with van der Waals surface area (Å²) in [5.74, 6) is -0.317. The minimum absolute atomic E-state index is 0.131. The Balaban J connectivity index is 1.98. The highest BCUT2D eigenvalue weighted by Gasteiger charge is 2.27. The Morgan fingerprint density at radius 3 is 2.75 bits per heavy atom. The number of halogens is 2. The second-order valence-corrected chi connectivity index (χ2v) is 6.35. The molecule has 0 saturated carbocycles. The quantitative estimate of drug-likeness (QED) is 0.596. The van der Waals surface area contributed by atoms with Crippen LogP contribution >= 0.6 is 23.8 Å². The average molecular weight is 364 g/mol. The first-order valence-corrected chi connectivity index (χ1v) is 8.21. The van der Waals surface area contributed by atoms with Crippen LogP contribution in [0.25, 0.3) is 0 Å². The number of rotatable bonds is 3. The summed E-state index contributed by atoms with van der Waals surface area (Å²) in [6, 6.07) is 6.06. The van der Waals surface area contributed by atoms with Gasteiger partial charge in [0.15, 0.2) is 12.6 Å². The number of aliphatic imine (C=N–C) groups is 2. The van der Waals surface area contributed by atoms with Crippen LogP contribution < -0.4 is 4.90 Å². The van der Waals surface area contributed by atoms with Gasteiger partial charge in [0.05, 0.1) is 11.1 Å². The van der Waals surface area contributed by atoms with Gasteiger partial charge in [-0.3, -0.25) is 9.89 Å². The highest BCUT2D eigenvalue weighted by atomic mass is 35.5. The summed E-state index contributed by atoms with van der Waals surface area (Å²) >= 11 is 11.8. The Morgan fingerprint density at radius 1 is 1.38 bits per heavy atom. The zero-order valence-electron chi connectivity index (χ0n) is 12.9. The Labute approximate surface area is 150 Å². The smallest absolute Gasteiger partial charge is 0.199 e. The molecule has 1 aromatic rings. The number of anilines is 1. The van der Waals surface area contributed by atoms with Crippen LogP contribution in [0.4, 0.5) is 10.1 Å². The molecule has 0 amide bonds. The molecule has 1 aromatic carbocycles. The minimum atomic E-state index is -0.482. The highest BCUT2D eigenvalue weighted by molar-refractivity contribution is 7.81. The lowest BCUT2D eigenvalue weighted by Crippen LogP contribution is -2.42. The Hall–Kier alpha value is -2.05. The lowest BCUT2D eigenvalue weighted by molar-refractivity contribution is 0.254. The van der Waals surface area contributed by atoms with Crippen LogP contribution in [0.15, 0.2) is 57.8 Å². The zero-order valence-corrected chi connectivity index (χ0v) is 14.5. The summed E-state index contributed by atoms with van der Waals surface area (Å²) in [5, 5.41) is -0.131. The van der Waals surface area contributed by atoms with Crippen molar-refractivity contribution < 1.29 is 9.13 Å². The first-order valence-electron chi connectivity index (χ1n) is 7.37. The molecule has 2 unspecified atom stereocenters. The van der Waals surface area contributed by atoms with Crippen molar-refractivity contribution >= 4 is 47.1 Å². The molecule has 0 radical (unpaired) electrons. The van der Waals surface area contributed by atoms with E-state index in [2.05, 4.69) is 9.98 Å². The van der Waals surface area contributed by atoms with E-state index in [9.17, 15) is 4.39 Å². The fraction of sp³-hybridized carbons (Fsp3) is 0.235. The largest absolute Gasteiger partial charge is 0.456 e. The molecule has 124 valence electrons. The van der Waals surface area contributed by atoms with Gasteiger partial charge in [-0.05, 0) is 49.3 Å². The standard InChI is InChI=1S/C17H15ClFN3OS/c1-11-8-12(18)9-21-16(11)17(24)22(15-6-7-20-10-23-15)14-4-2-13(19)3-5-14/h2-7,9-10,12,15H,8H2,1H3. The number of thiocarbonyl (C=S) groups is 1. The van der Waals surface area contributed by atoms with E-state index in [0.717, 1.165) is 5.57 Å². The predicted octanol–water partition coefficient (Wildman–Crippen LogP) is 4.21. The normalized spacial score (nSPS) is 22.5. The number of hydrogen-bond acceptors (Lipinski definition) is 4. The SMILES string of the molecule is CC1=C(C(=S)N(c2ccc(F)cc2)C2C=CN=CO2)N=CC(Cl)C1. The number of ether oxygens (including phenoxy) is 1. The summed E-state index contributed by atoms with van der Waals surface area (Å²) in [4.78, 5) is 10.6. The average Bonchev–Trinajstić information content (AvgIpc) is 2.58. The van der Waals surface area contributed by atoms with Gasteiger partial charge in [0.2, 0.25) is 0 Å². The third-order valence-corrected chi connectivity index (χ3v) is 4.31. The van der Waals surface area contributed by atoms with Crippen LogP contribution in [0.1, 0.15) is 13.3 Å². The summed E-state index contributed by atoms with van der Waals surface area (Å²) in [7, 11) is 0. The van der Waals surface area contributed by atoms with Crippen LogP contribution in [0.3, 0.4) is 0 Å². The molecule has 2 aliphatic heterocycles. The van der Waals surface area contributed by atoms with Gasteiger partial charge < -0.3 is 4.74 Å². The minimum Gasteiger partial charge on any atom is -0.456 e. The molecule has 0 bridgehead atoms. The lowest BCUT2D eigenvalue weighted by Gasteiger charge is -2.33. The summed E-state index contributed by atoms with van der Waals surface area (Å²) in [6.07, 6.45) is 6.63. The van der Waals surface area contributed by atoms with Gasteiger partial charge in [-0.15, -0.1) is 11.6 Å². The van der Waals surface area contributed by atoms with Crippen molar-refractivity contribution in [1.29, 1.82) is 0 Å². The molecule has 2 aliphatic rings. The Kier molecular flexibility index (Phi) is 5.06. The zero-order chi connectivity index (χ0) is 17.1. The van der Waals surface area contributed by atoms with Gasteiger partial charge in [-0.1, -0.05) is 12.2 Å². The van der Waals surface area contributed by atoms with Crippen molar-refractivity contribution in [3.05, 3.63) is 53.6 Å². The van der Waals surface area contributed by atoms with Crippen molar-refractivity contribution in [3.63, 3.8) is 0 Å². The maximum Gasteiger partial charge on any atom is 0.199 e. The van der Waals surface area contributed by atoms with Crippen molar-refractivity contribution in [3.8, 4) is 0 Å². The van der Waals surface area contributed by atoms with E-state index in [0.29, 0.717) is 22.8 Å². The van der Waals surface area contributed by atoms with E-state index in [1.165, 1.54) is 18.5 Å². The molecule has 24 heavy (non-hydrogen) atoms. The van der Waals surface area contributed by atoms with Crippen LogP contribution in [0.5, 0.6) is 0 Å². The fourth-order valence-corrected chi connectivity index (χ4v) is 3.21. The van der Waals surface area contributed by atoms with Gasteiger partial charge in [0, 0.05) is 18.1 Å². The third kappa shape index (κ3) is 3.55. The molecule has 4 nitrogen and oxygen atoms in total. The molecule has 0 aliphatic carbocycles. The maximum atomic E-state index is 13.3. The molecule has 2 heterocycles. The number of allylic oxidation sites excluding steroid dienone is 1. The van der Waals surface area contributed by atoms with Crippen molar-refractivity contribution in [2.75, 3.05) is 4.90 Å². The van der Waals surface area contributed by atoms with Crippen molar-refractivity contribution in [2.45, 2.75) is 24.9 Å². The van der Waals surface area contributed by atoms with E-state index in [-0.39, 0.29) is 11.2 Å². The van der Waals surface area contributed by atoms with Crippen molar-refractivity contribution in [1.82, 2.24) is 0 Å². The molecule has 0 aromatic heterocycles. The maximum absolute atomic E-state index is 13.3. The molecule has 2 atom stereocenters. The summed E-state index contributed by atoms with van der Waals surface area (Å²) < 4.78 is 18.8. The van der Waals surface area contributed by atoms with E-state index in [4.69, 9.17) is 28.6 Å². The molecule has 7 heteroatoms. The highest BCUT2D eigenvalue weighted by Crippen LogP contribution is 2.28. The first-order chi connectivity index (χ1) is 11.6. The third-order valence-electron chi connectivity index (χ3n) is 3.65. The number of alkyl halides is 1. The molecule has 0 spiro atoms. The number of nitrogens with zero attached hydrogens (tertiary/aromatic N) is 3. The van der Waals surface area contributed by atoms with Gasteiger partial charge in [0.25, 0.3) is 0 Å². The topological polar surface area (TPSA) is 37.2 Å². The van der Waals surface area contributed by atoms with E-state index < -0.39 is 6.23 Å². The second-order valence-electron chi connectivity index (χ2n) is 5.40. The number of hydrogen-bond donors (Lipinski definition) is 0. The second kappa shape index (κ2) is 7.23. The van der Waals surface area contributed by atoms with Gasteiger partial charge >= 0.3 is 0 Å². The van der Waals surface area contributed by atoms with E-state index in [1.807, 2.05) is 6.92 Å². The monoisotopic (exact) mass is 363 g/mol. The summed E-state index contributed by atoms with van der Waals surface area (Å²) in [6.45, 7) is 1.95. The molecule has 0 N–H and O–H groups in total. The van der Waals surface area contributed by atoms with Crippen LogP contribution in [0, 0.1) is 5.82 Å². The number of benzene rings is 1. The van der Waals surface area contributed by atoms with Crippen LogP contribution in [-0.2, 0) is 4.74 Å². The first kappa shape index (κ1) is 16.8. The predicted molar refractivity (Wildman–Crippen MR) is 99.4 cm³/mol. The molecule has 0 fully saturated rings. The van der Waals surface area contributed by atoms with Gasteiger partial charge in [0.1, 0.15) is 10.8 Å². The molecular formula is C17H15ClFN3OS. The summed E-state index contributed by atoms with van der Waals surface area (Å²) in [5.41, 5.74) is 2.39. The molecular weight excluding hydrogens is 349 g/mol. The van der Waals surface area contributed by atoms with Crippen LogP contribution in [0.2, 0.25) is 0 Å². The Morgan fingerprint density at radius 2 is 2.12 bits per heavy atom. The van der Waals surface area contributed by atoms with Crippen LogP contribution in [-0.4, -0.2) is 29.2 Å². The van der Waals surface area contributed by atoms with E-state index >= 15 is 0 Å². The fourth-order valence-electron chi connectivity index (χ4n) is 2.49. The van der Waals surface area contributed by atoms with Crippen molar-refractivity contribution in [2.24, 2.45) is 9.98 Å². The molecule has 0 saturated heterocycles.